The summed E-state index contributed by atoms with van der Waals surface area (Å²) in [6.07, 6.45) is -4.56. The predicted octanol–water partition coefficient (Wildman–Crippen LogP) is 0.658. The standard InChI is InChI=1S/C15H16O5/c16-11-8-19-15(18)14(13(11)17)20-12-7-3-5-9-4-1-2-6-10(9)12/h1-7,11,13-18H,8H2/t11-,13+,14-,15+/m1/s1. The van der Waals surface area contributed by atoms with Crippen LogP contribution in [0.25, 0.3) is 10.8 Å². The van der Waals surface area contributed by atoms with Gasteiger partial charge >= 0.3 is 0 Å². The maximum atomic E-state index is 9.93. The minimum absolute atomic E-state index is 0.113. The predicted molar refractivity (Wildman–Crippen MR) is 72.3 cm³/mol. The number of fused-ring (bicyclic) bond motifs is 1. The van der Waals surface area contributed by atoms with Gasteiger partial charge in [-0.1, -0.05) is 36.4 Å². The Morgan fingerprint density at radius 2 is 1.75 bits per heavy atom. The molecule has 0 aromatic heterocycles. The SMILES string of the molecule is O[C@@H]1[C@@H](Oc2cccc3ccccc23)[C@@H](O)OC[C@H]1O. The molecule has 3 rings (SSSR count). The topological polar surface area (TPSA) is 79.2 Å². The molecule has 4 atom stereocenters. The van der Waals surface area contributed by atoms with Crippen LogP contribution in [0.5, 0.6) is 5.75 Å². The van der Waals surface area contributed by atoms with E-state index in [1.807, 2.05) is 36.4 Å². The van der Waals surface area contributed by atoms with Crippen LogP contribution in [0.15, 0.2) is 42.5 Å². The maximum absolute atomic E-state index is 9.93. The zero-order valence-corrected chi connectivity index (χ0v) is 10.7. The third kappa shape index (κ3) is 2.36. The molecule has 0 radical (unpaired) electrons. The Morgan fingerprint density at radius 1 is 1.00 bits per heavy atom. The summed E-state index contributed by atoms with van der Waals surface area (Å²) >= 11 is 0. The number of rotatable bonds is 2. The molecule has 0 bridgehead atoms. The summed E-state index contributed by atoms with van der Waals surface area (Å²) in [6.45, 7) is -0.113. The molecule has 2 aromatic carbocycles. The average Bonchev–Trinajstić information content (AvgIpc) is 2.48. The van der Waals surface area contributed by atoms with Gasteiger partial charge in [0.05, 0.1) is 6.61 Å². The second-order valence-electron chi connectivity index (χ2n) is 4.84. The van der Waals surface area contributed by atoms with Gasteiger partial charge in [-0.05, 0) is 11.5 Å². The first kappa shape index (κ1) is 13.3. The van der Waals surface area contributed by atoms with Crippen molar-refractivity contribution in [3.8, 4) is 5.75 Å². The van der Waals surface area contributed by atoms with Gasteiger partial charge in [0.1, 0.15) is 18.0 Å². The van der Waals surface area contributed by atoms with Crippen LogP contribution in [0.1, 0.15) is 0 Å². The Hall–Kier alpha value is -1.66. The number of benzene rings is 2. The Kier molecular flexibility index (Phi) is 3.58. The lowest BCUT2D eigenvalue weighted by Gasteiger charge is -2.35. The van der Waals surface area contributed by atoms with E-state index in [2.05, 4.69) is 0 Å². The molecule has 0 amide bonds. The number of aliphatic hydroxyl groups excluding tert-OH is 3. The molecular weight excluding hydrogens is 260 g/mol. The Labute approximate surface area is 116 Å². The van der Waals surface area contributed by atoms with E-state index in [1.165, 1.54) is 0 Å². The molecule has 0 spiro atoms. The normalized spacial score (nSPS) is 30.4. The Balaban J connectivity index is 1.92. The van der Waals surface area contributed by atoms with Gasteiger partial charge in [0.25, 0.3) is 0 Å². The van der Waals surface area contributed by atoms with E-state index >= 15 is 0 Å². The summed E-state index contributed by atoms with van der Waals surface area (Å²) in [4.78, 5) is 0. The number of aliphatic hydroxyl groups is 3. The molecule has 0 saturated carbocycles. The largest absolute Gasteiger partial charge is 0.482 e. The van der Waals surface area contributed by atoms with Crippen LogP contribution in [0, 0.1) is 0 Å². The van der Waals surface area contributed by atoms with Crippen molar-refractivity contribution in [2.24, 2.45) is 0 Å². The van der Waals surface area contributed by atoms with Crippen molar-refractivity contribution in [1.82, 2.24) is 0 Å². The van der Waals surface area contributed by atoms with Crippen LogP contribution >= 0.6 is 0 Å². The van der Waals surface area contributed by atoms with Crippen molar-refractivity contribution in [3.05, 3.63) is 42.5 Å². The van der Waals surface area contributed by atoms with Gasteiger partial charge in [-0.15, -0.1) is 0 Å². The van der Waals surface area contributed by atoms with Crippen LogP contribution in [-0.2, 0) is 4.74 Å². The van der Waals surface area contributed by atoms with Crippen molar-refractivity contribution in [2.45, 2.75) is 24.6 Å². The molecule has 1 aliphatic rings. The van der Waals surface area contributed by atoms with Gasteiger partial charge in [0.2, 0.25) is 0 Å². The van der Waals surface area contributed by atoms with Crippen LogP contribution in [0.3, 0.4) is 0 Å². The van der Waals surface area contributed by atoms with Gasteiger partial charge in [-0.25, -0.2) is 0 Å². The summed E-state index contributed by atoms with van der Waals surface area (Å²) < 4.78 is 10.7. The van der Waals surface area contributed by atoms with Crippen molar-refractivity contribution >= 4 is 10.8 Å². The van der Waals surface area contributed by atoms with Gasteiger partial charge in [0.15, 0.2) is 12.4 Å². The average molecular weight is 276 g/mol. The first-order valence-corrected chi connectivity index (χ1v) is 6.47. The molecule has 2 aromatic rings. The second kappa shape index (κ2) is 5.38. The molecule has 1 fully saturated rings. The lowest BCUT2D eigenvalue weighted by molar-refractivity contribution is -0.244. The molecule has 1 heterocycles. The summed E-state index contributed by atoms with van der Waals surface area (Å²) in [6, 6.07) is 13.2. The van der Waals surface area contributed by atoms with E-state index in [4.69, 9.17) is 9.47 Å². The maximum Gasteiger partial charge on any atom is 0.195 e. The van der Waals surface area contributed by atoms with Crippen LogP contribution in [0.4, 0.5) is 0 Å². The summed E-state index contributed by atoms with van der Waals surface area (Å²) in [5, 5.41) is 31.2. The van der Waals surface area contributed by atoms with Gasteiger partial charge in [-0.2, -0.15) is 0 Å². The van der Waals surface area contributed by atoms with Gasteiger partial charge < -0.3 is 24.8 Å². The zero-order valence-electron chi connectivity index (χ0n) is 10.7. The third-order valence-corrected chi connectivity index (χ3v) is 3.46. The van der Waals surface area contributed by atoms with E-state index in [-0.39, 0.29) is 6.61 Å². The molecule has 20 heavy (non-hydrogen) atoms. The highest BCUT2D eigenvalue weighted by atomic mass is 16.6. The highest BCUT2D eigenvalue weighted by Crippen LogP contribution is 2.28. The van der Waals surface area contributed by atoms with E-state index in [0.717, 1.165) is 10.8 Å². The first-order valence-electron chi connectivity index (χ1n) is 6.47. The molecule has 0 unspecified atom stereocenters. The highest BCUT2D eigenvalue weighted by molar-refractivity contribution is 5.88. The van der Waals surface area contributed by atoms with E-state index in [0.29, 0.717) is 5.75 Å². The molecular formula is C15H16O5. The molecule has 5 heteroatoms. The zero-order chi connectivity index (χ0) is 14.1. The molecule has 5 nitrogen and oxygen atoms in total. The second-order valence-corrected chi connectivity index (χ2v) is 4.84. The van der Waals surface area contributed by atoms with Crippen molar-refractivity contribution in [3.63, 3.8) is 0 Å². The summed E-state index contributed by atoms with van der Waals surface area (Å²) in [5.74, 6) is 0.531. The number of ether oxygens (including phenoxy) is 2. The fourth-order valence-electron chi connectivity index (χ4n) is 2.35. The van der Waals surface area contributed by atoms with Gasteiger partial charge in [-0.3, -0.25) is 0 Å². The Morgan fingerprint density at radius 3 is 2.60 bits per heavy atom. The van der Waals surface area contributed by atoms with Crippen molar-refractivity contribution in [1.29, 1.82) is 0 Å². The molecule has 106 valence electrons. The molecule has 0 aliphatic carbocycles. The van der Waals surface area contributed by atoms with E-state index in [1.54, 1.807) is 6.07 Å². The molecule has 1 aliphatic heterocycles. The fraction of sp³-hybridized carbons (Fsp3) is 0.333. The smallest absolute Gasteiger partial charge is 0.195 e. The van der Waals surface area contributed by atoms with Crippen LogP contribution in [0.2, 0.25) is 0 Å². The van der Waals surface area contributed by atoms with Crippen LogP contribution < -0.4 is 4.74 Å². The highest BCUT2D eigenvalue weighted by Gasteiger charge is 2.39. The Bertz CT molecular complexity index is 594. The number of hydrogen-bond acceptors (Lipinski definition) is 5. The monoisotopic (exact) mass is 276 g/mol. The number of hydrogen-bond donors (Lipinski definition) is 3. The minimum atomic E-state index is -1.27. The third-order valence-electron chi connectivity index (χ3n) is 3.46. The van der Waals surface area contributed by atoms with Crippen molar-refractivity contribution in [2.75, 3.05) is 6.61 Å². The minimum Gasteiger partial charge on any atom is -0.482 e. The fourth-order valence-corrected chi connectivity index (χ4v) is 2.35. The lowest BCUT2D eigenvalue weighted by Crippen LogP contribution is -2.55. The summed E-state index contributed by atoms with van der Waals surface area (Å²) in [5.41, 5.74) is 0. The lowest BCUT2D eigenvalue weighted by atomic mass is 10.0. The molecule has 1 saturated heterocycles. The van der Waals surface area contributed by atoms with E-state index in [9.17, 15) is 15.3 Å². The van der Waals surface area contributed by atoms with Crippen LogP contribution in [-0.4, -0.2) is 46.5 Å². The summed E-state index contributed by atoms with van der Waals surface area (Å²) in [7, 11) is 0. The molecule has 3 N–H and O–H groups in total. The first-order chi connectivity index (χ1) is 9.66. The van der Waals surface area contributed by atoms with Crippen molar-refractivity contribution < 1.29 is 24.8 Å². The quantitative estimate of drug-likeness (QED) is 0.751. The van der Waals surface area contributed by atoms with Gasteiger partial charge in [0, 0.05) is 5.39 Å². The van der Waals surface area contributed by atoms with E-state index < -0.39 is 24.6 Å².